The summed E-state index contributed by atoms with van der Waals surface area (Å²) in [6, 6.07) is 24.3. The Labute approximate surface area is 244 Å². The third-order valence-corrected chi connectivity index (χ3v) is 9.03. The Morgan fingerprint density at radius 3 is 2.00 bits per heavy atom. The van der Waals surface area contributed by atoms with E-state index in [4.69, 9.17) is 27.3 Å². The molecule has 4 atom stereocenters. The highest BCUT2D eigenvalue weighted by atomic mass is 31.1. The molecule has 2 aliphatic heterocycles. The van der Waals surface area contributed by atoms with Crippen molar-refractivity contribution in [3.05, 3.63) is 72.8 Å². The first-order valence-electron chi connectivity index (χ1n) is 14.2. The van der Waals surface area contributed by atoms with E-state index in [1.807, 2.05) is 71.0 Å². The van der Waals surface area contributed by atoms with E-state index < -0.39 is 43.9 Å². The minimum Gasteiger partial charge on any atom is -0.462 e. The summed E-state index contributed by atoms with van der Waals surface area (Å²) in [6.45, 7) is 9.22. The second-order valence-corrected chi connectivity index (χ2v) is 13.5. The quantitative estimate of drug-likeness (QED) is 0.212. The normalized spacial score (nSPS) is 23.5. The molecule has 1 aromatic heterocycles. The van der Waals surface area contributed by atoms with Crippen LogP contribution in [0.2, 0.25) is 0 Å². The predicted octanol–water partition coefficient (Wildman–Crippen LogP) is 7.97. The molecule has 2 saturated heterocycles. The molecule has 9 heteroatoms. The lowest BCUT2D eigenvalue weighted by atomic mass is 9.97. The van der Waals surface area contributed by atoms with Crippen molar-refractivity contribution in [2.75, 3.05) is 11.7 Å². The lowest BCUT2D eigenvalue weighted by Gasteiger charge is -2.26. The standard InChI is InChI=1S/C33H34NO7P/c1-32(2,3)31(35)36-18-25-28(29-30(37-25)39-33(4,5)38-29)34-42-40-23-16-14-19-10-6-8-12-21(19)26(23)27-22-13-9-7-11-20(22)15-17-24(27)41-42/h6-17,25,28-30,34H,18H2,1-5H3/t25-,28-,29-,30-/m1/s1. The average Bonchev–Trinajstić information content (AvgIpc) is 3.34. The topological polar surface area (TPSA) is 92.3 Å². The maximum absolute atomic E-state index is 12.6. The molecule has 7 rings (SSSR count). The summed E-state index contributed by atoms with van der Waals surface area (Å²) in [4.78, 5) is 12.6. The van der Waals surface area contributed by atoms with Crippen LogP contribution in [0, 0.1) is 5.41 Å². The lowest BCUT2D eigenvalue weighted by Crippen LogP contribution is -2.42. The summed E-state index contributed by atoms with van der Waals surface area (Å²) < 4.78 is 37.5. The number of benzene rings is 4. The number of fused-ring (bicyclic) bond motifs is 8. The van der Waals surface area contributed by atoms with Crippen LogP contribution >= 0.6 is 8.16 Å². The number of carbonyl (C=O) groups excluding carboxylic acids is 1. The smallest absolute Gasteiger partial charge is 0.311 e. The van der Waals surface area contributed by atoms with E-state index in [1.54, 1.807) is 0 Å². The summed E-state index contributed by atoms with van der Waals surface area (Å²) in [5, 5.41) is 9.93. The molecular weight excluding hydrogens is 553 g/mol. The average molecular weight is 588 g/mol. The maximum Gasteiger partial charge on any atom is 0.311 e. The number of carbonyl (C=O) groups is 1. The summed E-state index contributed by atoms with van der Waals surface area (Å²) in [5.74, 6) is -1.13. The van der Waals surface area contributed by atoms with Crippen molar-refractivity contribution in [3.8, 4) is 0 Å². The van der Waals surface area contributed by atoms with Gasteiger partial charge in [0.1, 0.15) is 30.0 Å². The van der Waals surface area contributed by atoms with E-state index in [9.17, 15) is 4.79 Å². The fourth-order valence-corrected chi connectivity index (χ4v) is 7.15. The van der Waals surface area contributed by atoms with Crippen LogP contribution in [0.3, 0.4) is 0 Å². The van der Waals surface area contributed by atoms with E-state index in [2.05, 4.69) is 41.5 Å². The van der Waals surface area contributed by atoms with Crippen molar-refractivity contribution < 1.29 is 32.1 Å². The van der Waals surface area contributed by atoms with Gasteiger partial charge >= 0.3 is 14.1 Å². The lowest BCUT2D eigenvalue weighted by molar-refractivity contribution is -0.211. The molecular formula is C33H34NO7P. The molecule has 4 aromatic carbocycles. The van der Waals surface area contributed by atoms with Crippen LogP contribution in [0.25, 0.3) is 43.5 Å². The molecule has 5 aromatic rings. The number of esters is 1. The predicted molar refractivity (Wildman–Crippen MR) is 164 cm³/mol. The molecule has 1 N–H and O–H groups in total. The van der Waals surface area contributed by atoms with E-state index in [1.165, 1.54) is 0 Å². The van der Waals surface area contributed by atoms with E-state index in [0.717, 1.165) is 43.5 Å². The van der Waals surface area contributed by atoms with Crippen molar-refractivity contribution >= 4 is 57.6 Å². The number of rotatable bonds is 4. The van der Waals surface area contributed by atoms with Crippen LogP contribution in [0.4, 0.5) is 0 Å². The number of ether oxygens (including phenoxy) is 4. The maximum atomic E-state index is 12.6. The number of hydrogen-bond donors (Lipinski definition) is 1. The fraction of sp³-hybridized carbons (Fsp3) is 0.364. The van der Waals surface area contributed by atoms with Crippen LogP contribution in [0.5, 0.6) is 0 Å². The second kappa shape index (κ2) is 10.1. The first-order valence-corrected chi connectivity index (χ1v) is 15.4. The molecule has 0 radical (unpaired) electrons. The Balaban J connectivity index is 1.37. The van der Waals surface area contributed by atoms with Crippen LogP contribution in [-0.2, 0) is 23.7 Å². The van der Waals surface area contributed by atoms with Gasteiger partial charge in [0, 0.05) is 10.8 Å². The van der Waals surface area contributed by atoms with Crippen molar-refractivity contribution in [1.82, 2.24) is 0 Å². The van der Waals surface area contributed by atoms with Crippen LogP contribution < -0.4 is 5.09 Å². The molecule has 0 amide bonds. The Morgan fingerprint density at radius 2 is 1.43 bits per heavy atom. The second-order valence-electron chi connectivity index (χ2n) is 12.4. The molecule has 8 nitrogen and oxygen atoms in total. The molecule has 0 unspecified atom stereocenters. The first kappa shape index (κ1) is 27.4. The van der Waals surface area contributed by atoms with Gasteiger partial charge in [-0.1, -0.05) is 60.7 Å². The highest BCUT2D eigenvalue weighted by Gasteiger charge is 2.55. The monoisotopic (exact) mass is 587 g/mol. The van der Waals surface area contributed by atoms with Crippen LogP contribution in [0.15, 0.2) is 81.2 Å². The number of hydrogen-bond acceptors (Lipinski definition) is 8. The first-order chi connectivity index (χ1) is 20.1. The van der Waals surface area contributed by atoms with E-state index in [0.29, 0.717) is 0 Å². The largest absolute Gasteiger partial charge is 0.462 e. The Bertz CT molecular complexity index is 1780. The zero-order valence-electron chi connectivity index (χ0n) is 24.2. The fourth-order valence-electron chi connectivity index (χ4n) is 5.79. The molecule has 218 valence electrons. The minimum atomic E-state index is -1.73. The van der Waals surface area contributed by atoms with Crippen molar-refractivity contribution in [2.45, 2.75) is 64.9 Å². The highest BCUT2D eigenvalue weighted by molar-refractivity contribution is 7.38. The molecule has 42 heavy (non-hydrogen) atoms. The number of nitrogens with one attached hydrogen (secondary N) is 1. The molecule has 2 fully saturated rings. The molecule has 0 saturated carbocycles. The van der Waals surface area contributed by atoms with E-state index in [-0.39, 0.29) is 12.6 Å². The van der Waals surface area contributed by atoms with Gasteiger partial charge < -0.3 is 27.3 Å². The minimum absolute atomic E-state index is 0.0412. The molecule has 3 heterocycles. The Kier molecular flexibility index (Phi) is 6.61. The van der Waals surface area contributed by atoms with Gasteiger partial charge in [0.05, 0.1) is 11.5 Å². The zero-order valence-corrected chi connectivity index (χ0v) is 25.1. The Hall–Kier alpha value is -3.39. The molecule has 2 aliphatic rings. The van der Waals surface area contributed by atoms with E-state index >= 15 is 0 Å². The zero-order chi connectivity index (χ0) is 29.2. The van der Waals surface area contributed by atoms with Gasteiger partial charge in [-0.05, 0) is 68.3 Å². The van der Waals surface area contributed by atoms with Crippen molar-refractivity contribution in [2.24, 2.45) is 5.41 Å². The van der Waals surface area contributed by atoms with Gasteiger partial charge in [0.15, 0.2) is 12.1 Å². The van der Waals surface area contributed by atoms with Gasteiger partial charge in [-0.15, -0.1) is 0 Å². The van der Waals surface area contributed by atoms with Crippen LogP contribution in [0.1, 0.15) is 34.6 Å². The molecule has 0 aliphatic carbocycles. The van der Waals surface area contributed by atoms with Crippen molar-refractivity contribution in [1.29, 1.82) is 0 Å². The SMILES string of the molecule is CC1(C)O[C@H]2O[C@H](COC(=O)C(C)(C)C)[C@@H](Np3oc4ccc5ccccc5c4c4c(ccc5ccccc54)o3)[C@H]2O1. The van der Waals surface area contributed by atoms with Gasteiger partial charge in [-0.3, -0.25) is 4.79 Å². The Morgan fingerprint density at radius 1 is 0.857 bits per heavy atom. The highest BCUT2D eigenvalue weighted by Crippen LogP contribution is 2.44. The van der Waals surface area contributed by atoms with Gasteiger partial charge in [-0.25, -0.2) is 5.09 Å². The third-order valence-electron chi connectivity index (χ3n) is 7.79. The third kappa shape index (κ3) is 4.87. The molecule has 0 bridgehead atoms. The van der Waals surface area contributed by atoms with Gasteiger partial charge in [0.25, 0.3) is 0 Å². The van der Waals surface area contributed by atoms with Gasteiger partial charge in [0.2, 0.25) is 0 Å². The summed E-state index contributed by atoms with van der Waals surface area (Å²) in [5.41, 5.74) is 0.804. The van der Waals surface area contributed by atoms with Crippen LogP contribution in [-0.4, -0.2) is 42.9 Å². The van der Waals surface area contributed by atoms with Gasteiger partial charge in [-0.2, -0.15) is 0 Å². The summed E-state index contributed by atoms with van der Waals surface area (Å²) in [6.07, 6.45) is -1.61. The summed E-state index contributed by atoms with van der Waals surface area (Å²) in [7, 11) is -1.73. The molecule has 0 spiro atoms. The summed E-state index contributed by atoms with van der Waals surface area (Å²) >= 11 is 0. The van der Waals surface area contributed by atoms with Crippen molar-refractivity contribution in [3.63, 3.8) is 0 Å².